The Bertz CT molecular complexity index is 1110. The Balaban J connectivity index is 1.74. The first-order valence-corrected chi connectivity index (χ1v) is 9.82. The number of thiazole rings is 1. The number of rotatable bonds is 4. The molecule has 0 saturated carbocycles. The summed E-state index contributed by atoms with van der Waals surface area (Å²) in [4.78, 5) is 29.1. The number of thiophene rings is 1. The van der Waals surface area contributed by atoms with Crippen LogP contribution >= 0.6 is 34.2 Å². The number of hydrogen-bond acceptors (Lipinski definition) is 8. The van der Waals surface area contributed by atoms with Crippen molar-refractivity contribution >= 4 is 61.3 Å². The van der Waals surface area contributed by atoms with Crippen LogP contribution in [0.4, 0.5) is 5.00 Å². The first kappa shape index (κ1) is 16.8. The number of aromatic carboxylic acids is 1. The number of hydrogen-bond donors (Lipinski definition) is 2. The van der Waals surface area contributed by atoms with Crippen LogP contribution in [0.25, 0.3) is 20.8 Å². The fourth-order valence-electron chi connectivity index (χ4n) is 2.41. The van der Waals surface area contributed by atoms with Gasteiger partial charge in [-0.25, -0.2) is 9.78 Å². The first-order valence-electron chi connectivity index (χ1n) is 7.35. The van der Waals surface area contributed by atoms with Gasteiger partial charge in [-0.1, -0.05) is 16.6 Å². The molecule has 4 aromatic rings. The van der Waals surface area contributed by atoms with E-state index < -0.39 is 11.9 Å². The number of aryl methyl sites for hydroxylation is 1. The SMILES string of the molecule is Cc1nnsc1C(=O)Nc1scc(-c2nc3ccccc3s2)c1C(=O)O. The summed E-state index contributed by atoms with van der Waals surface area (Å²) in [7, 11) is 0. The highest BCUT2D eigenvalue weighted by atomic mass is 32.1. The van der Waals surface area contributed by atoms with Crippen LogP contribution in [0.15, 0.2) is 29.6 Å². The lowest BCUT2D eigenvalue weighted by molar-refractivity contribution is 0.0699. The number of nitrogens with one attached hydrogen (secondary N) is 1. The van der Waals surface area contributed by atoms with Crippen molar-refractivity contribution in [2.24, 2.45) is 0 Å². The van der Waals surface area contributed by atoms with Crippen LogP contribution in [0.2, 0.25) is 0 Å². The molecule has 26 heavy (non-hydrogen) atoms. The predicted octanol–water partition coefficient (Wildman–Crippen LogP) is 4.14. The van der Waals surface area contributed by atoms with Crippen LogP contribution in [0.3, 0.4) is 0 Å². The maximum atomic E-state index is 12.4. The van der Waals surface area contributed by atoms with Gasteiger partial charge in [-0.3, -0.25) is 4.79 Å². The number of benzene rings is 1. The van der Waals surface area contributed by atoms with Gasteiger partial charge in [-0.05, 0) is 30.6 Å². The minimum absolute atomic E-state index is 0.0394. The number of carbonyl (C=O) groups excluding carboxylic acids is 1. The second-order valence-electron chi connectivity index (χ2n) is 5.29. The highest BCUT2D eigenvalue weighted by molar-refractivity contribution is 7.22. The second-order valence-corrected chi connectivity index (χ2v) is 7.95. The van der Waals surface area contributed by atoms with E-state index in [0.29, 0.717) is 21.1 Å². The van der Waals surface area contributed by atoms with Crippen molar-refractivity contribution in [3.8, 4) is 10.6 Å². The minimum Gasteiger partial charge on any atom is -0.478 e. The van der Waals surface area contributed by atoms with Gasteiger partial charge in [-0.15, -0.1) is 27.8 Å². The van der Waals surface area contributed by atoms with Gasteiger partial charge in [-0.2, -0.15) is 0 Å². The summed E-state index contributed by atoms with van der Waals surface area (Å²) in [6, 6.07) is 7.61. The molecule has 3 heterocycles. The summed E-state index contributed by atoms with van der Waals surface area (Å²) in [6.45, 7) is 1.68. The molecule has 4 rings (SSSR count). The summed E-state index contributed by atoms with van der Waals surface area (Å²) in [5.41, 5.74) is 1.86. The summed E-state index contributed by atoms with van der Waals surface area (Å²) < 4.78 is 4.70. The van der Waals surface area contributed by atoms with E-state index in [1.807, 2.05) is 24.3 Å². The zero-order valence-electron chi connectivity index (χ0n) is 13.2. The van der Waals surface area contributed by atoms with E-state index in [4.69, 9.17) is 0 Å². The van der Waals surface area contributed by atoms with Crippen molar-refractivity contribution in [3.63, 3.8) is 0 Å². The molecule has 0 aliphatic heterocycles. The maximum Gasteiger partial charge on any atom is 0.339 e. The van der Waals surface area contributed by atoms with Crippen LogP contribution in [-0.2, 0) is 0 Å². The van der Waals surface area contributed by atoms with Gasteiger partial charge in [0.25, 0.3) is 5.91 Å². The van der Waals surface area contributed by atoms with Crippen LogP contribution < -0.4 is 5.32 Å². The number of anilines is 1. The summed E-state index contributed by atoms with van der Waals surface area (Å²) in [5, 5.41) is 18.7. The van der Waals surface area contributed by atoms with Gasteiger partial charge in [0.05, 0.1) is 15.9 Å². The lowest BCUT2D eigenvalue weighted by Crippen LogP contribution is -2.13. The lowest BCUT2D eigenvalue weighted by atomic mass is 10.2. The molecular weight excluding hydrogens is 392 g/mol. The molecule has 7 nitrogen and oxygen atoms in total. The number of carbonyl (C=O) groups is 2. The summed E-state index contributed by atoms with van der Waals surface area (Å²) in [5.74, 6) is -1.53. The molecule has 0 fully saturated rings. The van der Waals surface area contributed by atoms with Crippen LogP contribution in [0.1, 0.15) is 25.7 Å². The van der Waals surface area contributed by atoms with E-state index in [-0.39, 0.29) is 10.6 Å². The molecule has 1 aromatic carbocycles. The van der Waals surface area contributed by atoms with Crippen LogP contribution in [0.5, 0.6) is 0 Å². The predicted molar refractivity (Wildman–Crippen MR) is 102 cm³/mol. The van der Waals surface area contributed by atoms with Crippen LogP contribution in [0, 0.1) is 6.92 Å². The Kier molecular flexibility index (Phi) is 4.23. The number of fused-ring (bicyclic) bond motifs is 1. The maximum absolute atomic E-state index is 12.4. The number of nitrogens with zero attached hydrogens (tertiary/aromatic N) is 3. The molecule has 0 bridgehead atoms. The third kappa shape index (κ3) is 2.87. The summed E-state index contributed by atoms with van der Waals surface area (Å²) >= 11 is 3.55. The van der Waals surface area contributed by atoms with Crippen molar-refractivity contribution in [1.29, 1.82) is 0 Å². The van der Waals surface area contributed by atoms with Gasteiger partial charge in [0, 0.05) is 10.9 Å². The molecule has 3 aromatic heterocycles. The number of aromatic nitrogens is 3. The van der Waals surface area contributed by atoms with E-state index in [9.17, 15) is 14.7 Å². The highest BCUT2D eigenvalue weighted by Gasteiger charge is 2.24. The number of carboxylic acid groups (broad SMARTS) is 1. The quantitative estimate of drug-likeness (QED) is 0.532. The molecule has 0 saturated heterocycles. The number of carboxylic acids is 1. The molecule has 0 aliphatic rings. The van der Waals surface area contributed by atoms with Gasteiger partial charge in [0.1, 0.15) is 20.4 Å². The van der Waals surface area contributed by atoms with Crippen molar-refractivity contribution in [1.82, 2.24) is 14.6 Å². The molecule has 2 N–H and O–H groups in total. The average molecular weight is 402 g/mol. The average Bonchev–Trinajstić information content (AvgIpc) is 3.31. The van der Waals surface area contributed by atoms with E-state index in [0.717, 1.165) is 33.1 Å². The molecule has 0 unspecified atom stereocenters. The topological polar surface area (TPSA) is 105 Å². The molecule has 0 radical (unpaired) electrons. The first-order chi connectivity index (χ1) is 12.5. The zero-order valence-corrected chi connectivity index (χ0v) is 15.7. The second kappa shape index (κ2) is 6.56. The largest absolute Gasteiger partial charge is 0.478 e. The van der Waals surface area contributed by atoms with Crippen molar-refractivity contribution in [3.05, 3.63) is 45.8 Å². The van der Waals surface area contributed by atoms with E-state index in [1.165, 1.54) is 11.3 Å². The van der Waals surface area contributed by atoms with Gasteiger partial charge < -0.3 is 10.4 Å². The fraction of sp³-hybridized carbons (Fsp3) is 0.0625. The lowest BCUT2D eigenvalue weighted by Gasteiger charge is -2.03. The number of amides is 1. The Morgan fingerprint density at radius 3 is 2.73 bits per heavy atom. The minimum atomic E-state index is -1.12. The zero-order chi connectivity index (χ0) is 18.3. The third-order valence-corrected chi connectivity index (χ3v) is 6.41. The monoisotopic (exact) mass is 402 g/mol. The molecule has 0 spiro atoms. The standard InChI is InChI=1S/C16H10N4O3S3/c1-7-12(26-20-19-7)13(21)18-15-11(16(22)23)8(6-24-15)14-17-9-4-2-3-5-10(9)25-14/h2-6H,1H3,(H,18,21)(H,22,23). The smallest absolute Gasteiger partial charge is 0.339 e. The Morgan fingerprint density at radius 1 is 1.23 bits per heavy atom. The molecule has 130 valence electrons. The van der Waals surface area contributed by atoms with Gasteiger partial charge in [0.15, 0.2) is 0 Å². The van der Waals surface area contributed by atoms with Crippen molar-refractivity contribution in [2.75, 3.05) is 5.32 Å². The normalized spacial score (nSPS) is 11.0. The fourth-order valence-corrected chi connectivity index (χ4v) is 4.95. The van der Waals surface area contributed by atoms with Crippen molar-refractivity contribution in [2.45, 2.75) is 6.92 Å². The highest BCUT2D eigenvalue weighted by Crippen LogP contribution is 2.39. The number of para-hydroxylation sites is 1. The molecule has 10 heteroatoms. The third-order valence-electron chi connectivity index (χ3n) is 3.61. The Hall–Kier alpha value is -2.69. The Labute approximate surface area is 159 Å². The molecular formula is C16H10N4O3S3. The Morgan fingerprint density at radius 2 is 2.04 bits per heavy atom. The van der Waals surface area contributed by atoms with E-state index in [2.05, 4.69) is 19.9 Å². The molecule has 1 amide bonds. The van der Waals surface area contributed by atoms with E-state index >= 15 is 0 Å². The molecule has 0 aliphatic carbocycles. The summed E-state index contributed by atoms with van der Waals surface area (Å²) in [6.07, 6.45) is 0. The molecule has 0 atom stereocenters. The van der Waals surface area contributed by atoms with Crippen molar-refractivity contribution < 1.29 is 14.7 Å². The van der Waals surface area contributed by atoms with E-state index in [1.54, 1.807) is 12.3 Å². The van der Waals surface area contributed by atoms with Gasteiger partial charge in [0.2, 0.25) is 0 Å². The van der Waals surface area contributed by atoms with Crippen LogP contribution in [-0.4, -0.2) is 31.6 Å². The van der Waals surface area contributed by atoms with Gasteiger partial charge >= 0.3 is 5.97 Å².